The quantitative estimate of drug-likeness (QED) is 0.907. The minimum Gasteiger partial charge on any atom is -0.390 e. The highest BCUT2D eigenvalue weighted by molar-refractivity contribution is 7.92. The Morgan fingerprint density at radius 2 is 2.10 bits per heavy atom. The molecule has 0 aliphatic carbocycles. The molecule has 2 rings (SSSR count). The number of hydrogen-bond donors (Lipinski definition) is 2. The predicted octanol–water partition coefficient (Wildman–Crippen LogP) is 2.11. The van der Waals surface area contributed by atoms with Gasteiger partial charge < -0.3 is 9.67 Å². The number of halogens is 2. The van der Waals surface area contributed by atoms with Crippen LogP contribution in [0.2, 0.25) is 5.02 Å². The molecule has 0 atom stereocenters. The number of aryl methyl sites for hydroxylation is 1. The maximum absolute atomic E-state index is 13.5. The highest BCUT2D eigenvalue weighted by Gasteiger charge is 2.19. The van der Waals surface area contributed by atoms with E-state index in [2.05, 4.69) is 4.72 Å². The van der Waals surface area contributed by atoms with Gasteiger partial charge in [0.2, 0.25) is 0 Å². The zero-order valence-corrected chi connectivity index (χ0v) is 12.0. The molecule has 0 aliphatic heterocycles. The second kappa shape index (κ2) is 5.43. The summed E-state index contributed by atoms with van der Waals surface area (Å²) in [5.74, 6) is -0.726. The van der Waals surface area contributed by atoms with Crippen LogP contribution >= 0.6 is 11.6 Å². The summed E-state index contributed by atoms with van der Waals surface area (Å²) in [4.78, 5) is -0.0663. The Kier molecular flexibility index (Phi) is 4.03. The lowest BCUT2D eigenvalue weighted by Crippen LogP contribution is -2.13. The van der Waals surface area contributed by atoms with Gasteiger partial charge in [0.25, 0.3) is 10.0 Å². The van der Waals surface area contributed by atoms with Gasteiger partial charge in [-0.1, -0.05) is 11.6 Å². The summed E-state index contributed by atoms with van der Waals surface area (Å²) in [6.45, 7) is -0.294. The maximum Gasteiger partial charge on any atom is 0.263 e. The number of benzene rings is 1. The molecule has 0 saturated heterocycles. The first-order valence-electron chi connectivity index (χ1n) is 5.57. The lowest BCUT2D eigenvalue weighted by molar-refractivity contribution is 0.272. The van der Waals surface area contributed by atoms with Crippen molar-refractivity contribution in [1.82, 2.24) is 4.57 Å². The van der Waals surface area contributed by atoms with E-state index in [4.69, 9.17) is 16.7 Å². The number of nitrogens with zero attached hydrogens (tertiary/aromatic N) is 1. The molecule has 0 radical (unpaired) electrons. The van der Waals surface area contributed by atoms with Crippen molar-refractivity contribution in [2.75, 3.05) is 4.72 Å². The van der Waals surface area contributed by atoms with Gasteiger partial charge in [0.1, 0.15) is 10.7 Å². The molecule has 0 spiro atoms. The topological polar surface area (TPSA) is 71.3 Å². The Hall–Kier alpha value is -1.57. The van der Waals surface area contributed by atoms with Gasteiger partial charge in [-0.15, -0.1) is 0 Å². The first-order chi connectivity index (χ1) is 9.33. The Bertz CT molecular complexity index is 743. The lowest BCUT2D eigenvalue weighted by atomic mass is 10.3. The van der Waals surface area contributed by atoms with Gasteiger partial charge in [0.15, 0.2) is 0 Å². The van der Waals surface area contributed by atoms with Gasteiger partial charge in [-0.2, -0.15) is 0 Å². The van der Waals surface area contributed by atoms with Gasteiger partial charge in [-0.3, -0.25) is 4.72 Å². The van der Waals surface area contributed by atoms with E-state index in [0.29, 0.717) is 5.69 Å². The average Bonchev–Trinajstić information content (AvgIpc) is 2.76. The third-order valence-corrected chi connectivity index (χ3v) is 4.30. The van der Waals surface area contributed by atoms with Crippen molar-refractivity contribution >= 4 is 27.3 Å². The van der Waals surface area contributed by atoms with Crippen LogP contribution < -0.4 is 4.72 Å². The summed E-state index contributed by atoms with van der Waals surface area (Å²) >= 11 is 5.70. The fourth-order valence-corrected chi connectivity index (χ4v) is 2.98. The second-order valence-electron chi connectivity index (χ2n) is 4.17. The largest absolute Gasteiger partial charge is 0.390 e. The van der Waals surface area contributed by atoms with Crippen molar-refractivity contribution in [3.05, 3.63) is 47.0 Å². The summed E-state index contributed by atoms with van der Waals surface area (Å²) in [6, 6.07) is 4.89. The van der Waals surface area contributed by atoms with Crippen LogP contribution in [0, 0.1) is 5.82 Å². The van der Waals surface area contributed by atoms with E-state index in [-0.39, 0.29) is 22.2 Å². The van der Waals surface area contributed by atoms with E-state index in [1.54, 1.807) is 7.05 Å². The van der Waals surface area contributed by atoms with Crippen molar-refractivity contribution < 1.29 is 17.9 Å². The van der Waals surface area contributed by atoms with Gasteiger partial charge in [-0.05, 0) is 24.3 Å². The third-order valence-electron chi connectivity index (χ3n) is 2.73. The van der Waals surface area contributed by atoms with Crippen LogP contribution in [0.25, 0.3) is 0 Å². The normalized spacial score (nSPS) is 11.6. The number of aromatic nitrogens is 1. The van der Waals surface area contributed by atoms with Crippen molar-refractivity contribution in [3.63, 3.8) is 0 Å². The minimum atomic E-state index is -3.94. The molecule has 8 heteroatoms. The summed E-state index contributed by atoms with van der Waals surface area (Å²) in [6.07, 6.45) is 1.33. The summed E-state index contributed by atoms with van der Waals surface area (Å²) in [7, 11) is -2.34. The third kappa shape index (κ3) is 2.95. The number of aliphatic hydroxyl groups excluding tert-OH is 1. The van der Waals surface area contributed by atoms with E-state index in [9.17, 15) is 12.8 Å². The van der Waals surface area contributed by atoms with Crippen molar-refractivity contribution in [2.45, 2.75) is 11.5 Å². The first-order valence-corrected chi connectivity index (χ1v) is 7.43. The Morgan fingerprint density at radius 3 is 2.70 bits per heavy atom. The molecule has 0 bridgehead atoms. The zero-order valence-electron chi connectivity index (χ0n) is 10.5. The van der Waals surface area contributed by atoms with Crippen LogP contribution in [-0.4, -0.2) is 18.1 Å². The first kappa shape index (κ1) is 14.8. The van der Waals surface area contributed by atoms with Gasteiger partial charge in [-0.25, -0.2) is 12.8 Å². The van der Waals surface area contributed by atoms with Crippen molar-refractivity contribution in [2.24, 2.45) is 7.05 Å². The van der Waals surface area contributed by atoms with Gasteiger partial charge in [0, 0.05) is 24.0 Å². The van der Waals surface area contributed by atoms with Crippen LogP contribution in [0.4, 0.5) is 10.1 Å². The van der Waals surface area contributed by atoms with Crippen LogP contribution in [-0.2, 0) is 23.7 Å². The number of nitrogens with one attached hydrogen (secondary N) is 1. The highest BCUT2D eigenvalue weighted by Crippen LogP contribution is 2.23. The second-order valence-corrected chi connectivity index (χ2v) is 6.28. The molecule has 0 amide bonds. The van der Waals surface area contributed by atoms with Crippen LogP contribution in [0.15, 0.2) is 35.4 Å². The van der Waals surface area contributed by atoms with Gasteiger partial charge >= 0.3 is 0 Å². The van der Waals surface area contributed by atoms with Crippen LogP contribution in [0.3, 0.4) is 0 Å². The van der Waals surface area contributed by atoms with E-state index in [0.717, 1.165) is 6.07 Å². The number of anilines is 1. The number of aliphatic hydroxyl groups is 1. The highest BCUT2D eigenvalue weighted by atomic mass is 35.5. The molecule has 0 aliphatic rings. The molecule has 1 heterocycles. The SMILES string of the molecule is Cn1cc(S(=O)(=O)Nc2cc(Cl)ccc2F)cc1CO. The van der Waals surface area contributed by atoms with E-state index >= 15 is 0 Å². The molecule has 20 heavy (non-hydrogen) atoms. The minimum absolute atomic E-state index is 0.0663. The number of sulfonamides is 1. The Morgan fingerprint density at radius 1 is 1.40 bits per heavy atom. The smallest absolute Gasteiger partial charge is 0.263 e. The fraction of sp³-hybridized carbons (Fsp3) is 0.167. The number of hydrogen-bond acceptors (Lipinski definition) is 3. The summed E-state index contributed by atoms with van der Waals surface area (Å²) in [5, 5.41) is 9.27. The molecule has 1 aromatic carbocycles. The standard InChI is InChI=1S/C12H12ClFN2O3S/c1-16-6-10(5-9(16)7-17)20(18,19)15-12-4-8(13)2-3-11(12)14/h2-6,15,17H,7H2,1H3. The summed E-state index contributed by atoms with van der Waals surface area (Å²) in [5.41, 5.74) is 0.198. The van der Waals surface area contributed by atoms with Crippen molar-refractivity contribution in [3.8, 4) is 0 Å². The monoisotopic (exact) mass is 318 g/mol. The zero-order chi connectivity index (χ0) is 14.9. The molecule has 0 fully saturated rings. The van der Waals surface area contributed by atoms with E-state index in [1.165, 1.54) is 29.0 Å². The molecular formula is C12H12ClFN2O3S. The Balaban J connectivity index is 2.37. The molecule has 2 aromatic rings. The molecular weight excluding hydrogens is 307 g/mol. The summed E-state index contributed by atoms with van der Waals surface area (Å²) < 4.78 is 41.4. The lowest BCUT2D eigenvalue weighted by Gasteiger charge is -2.07. The molecule has 0 unspecified atom stereocenters. The fourth-order valence-electron chi connectivity index (χ4n) is 1.66. The maximum atomic E-state index is 13.5. The van der Waals surface area contributed by atoms with Crippen LogP contribution in [0.1, 0.15) is 5.69 Å². The van der Waals surface area contributed by atoms with E-state index in [1.807, 2.05) is 0 Å². The Labute approximate surface area is 120 Å². The number of rotatable bonds is 4. The molecule has 1 aromatic heterocycles. The molecule has 108 valence electrons. The van der Waals surface area contributed by atoms with Gasteiger partial charge in [0.05, 0.1) is 12.3 Å². The average molecular weight is 319 g/mol. The molecule has 5 nitrogen and oxygen atoms in total. The molecule has 2 N–H and O–H groups in total. The predicted molar refractivity (Wildman–Crippen MR) is 73.6 cm³/mol. The van der Waals surface area contributed by atoms with E-state index < -0.39 is 15.8 Å². The molecule has 0 saturated carbocycles. The van der Waals surface area contributed by atoms with Crippen LogP contribution in [0.5, 0.6) is 0 Å². The van der Waals surface area contributed by atoms with Crippen molar-refractivity contribution in [1.29, 1.82) is 0 Å².